The molecule has 6 heteroatoms. The predicted octanol–water partition coefficient (Wildman–Crippen LogP) is 1.26. The molecule has 0 aromatic carbocycles. The second-order valence-corrected chi connectivity index (χ2v) is 5.42. The van der Waals surface area contributed by atoms with Gasteiger partial charge in [0.2, 0.25) is 0 Å². The molecule has 1 saturated heterocycles. The van der Waals surface area contributed by atoms with Crippen molar-refractivity contribution in [2.75, 3.05) is 33.0 Å². The maximum atomic E-state index is 12.4. The molecule has 2 rings (SSSR count). The molecular weight excluding hydrogens is 286 g/mol. The highest BCUT2D eigenvalue weighted by molar-refractivity contribution is 7.80. The van der Waals surface area contributed by atoms with Gasteiger partial charge in [0.1, 0.15) is 0 Å². The number of hydrogen-bond acceptors (Lipinski definition) is 5. The van der Waals surface area contributed by atoms with Crippen molar-refractivity contribution < 1.29 is 9.53 Å². The molecule has 21 heavy (non-hydrogen) atoms. The topological polar surface area (TPSA) is 54.5 Å². The lowest BCUT2D eigenvalue weighted by atomic mass is 10.1. The van der Waals surface area contributed by atoms with Crippen LogP contribution in [0.3, 0.4) is 0 Å². The second-order valence-electron chi connectivity index (χ2n) is 4.78. The van der Waals surface area contributed by atoms with E-state index in [2.05, 4.69) is 15.2 Å². The third kappa shape index (κ3) is 5.00. The first-order valence-corrected chi connectivity index (χ1v) is 7.29. The Labute approximate surface area is 130 Å². The number of nitrogens with one attached hydrogen (secondary N) is 1. The highest BCUT2D eigenvalue weighted by Gasteiger charge is 2.15. The van der Waals surface area contributed by atoms with E-state index >= 15 is 0 Å². The van der Waals surface area contributed by atoms with Gasteiger partial charge in [-0.15, -0.1) is 0 Å². The quantitative estimate of drug-likeness (QED) is 0.656. The first kappa shape index (κ1) is 15.8. The van der Waals surface area contributed by atoms with Gasteiger partial charge in [-0.2, -0.15) is 0 Å². The number of aromatic nitrogens is 1. The van der Waals surface area contributed by atoms with Gasteiger partial charge in [-0.25, -0.2) is 0 Å². The minimum absolute atomic E-state index is 0.163. The number of morpholine rings is 1. The van der Waals surface area contributed by atoms with Crippen LogP contribution in [0.1, 0.15) is 12.6 Å². The molecule has 0 saturated carbocycles. The van der Waals surface area contributed by atoms with E-state index in [-0.39, 0.29) is 5.91 Å². The summed E-state index contributed by atoms with van der Waals surface area (Å²) in [5.74, 6) is -0.163. The predicted molar refractivity (Wildman–Crippen MR) is 85.9 cm³/mol. The Bertz CT molecular complexity index is 525. The lowest BCUT2D eigenvalue weighted by molar-refractivity contribution is -0.116. The lowest BCUT2D eigenvalue weighted by Crippen LogP contribution is -2.44. The van der Waals surface area contributed by atoms with Gasteiger partial charge in [0.05, 0.1) is 31.1 Å². The number of pyridine rings is 1. The van der Waals surface area contributed by atoms with Crippen molar-refractivity contribution >= 4 is 28.6 Å². The number of amides is 1. The minimum Gasteiger partial charge on any atom is -0.379 e. The van der Waals surface area contributed by atoms with Gasteiger partial charge in [0, 0.05) is 24.2 Å². The SMILES string of the molecule is CC(=S)C=C(C(=O)NCN1CCOCC1)c1ccccn1. The van der Waals surface area contributed by atoms with Crippen LogP contribution in [0.5, 0.6) is 0 Å². The fourth-order valence-electron chi connectivity index (χ4n) is 2.02. The summed E-state index contributed by atoms with van der Waals surface area (Å²) >= 11 is 5.09. The molecule has 1 aliphatic rings. The first-order chi connectivity index (χ1) is 10.2. The number of thiocarbonyl (C=S) groups is 1. The lowest BCUT2D eigenvalue weighted by Gasteiger charge is -2.26. The monoisotopic (exact) mass is 305 g/mol. The average Bonchev–Trinajstić information content (AvgIpc) is 2.52. The molecule has 1 N–H and O–H groups in total. The molecule has 1 aromatic rings. The van der Waals surface area contributed by atoms with Crippen molar-refractivity contribution in [3.63, 3.8) is 0 Å². The summed E-state index contributed by atoms with van der Waals surface area (Å²) in [5.41, 5.74) is 1.12. The molecule has 1 aromatic heterocycles. The fourth-order valence-corrected chi connectivity index (χ4v) is 2.14. The summed E-state index contributed by atoms with van der Waals surface area (Å²) in [6.07, 6.45) is 3.35. The van der Waals surface area contributed by atoms with Crippen LogP contribution in [0.25, 0.3) is 5.57 Å². The molecule has 2 heterocycles. The average molecular weight is 305 g/mol. The Morgan fingerprint density at radius 3 is 2.86 bits per heavy atom. The van der Waals surface area contributed by atoms with Gasteiger partial charge in [0.15, 0.2) is 0 Å². The first-order valence-electron chi connectivity index (χ1n) is 6.89. The van der Waals surface area contributed by atoms with Gasteiger partial charge in [-0.05, 0) is 25.1 Å². The van der Waals surface area contributed by atoms with Crippen LogP contribution in [0.2, 0.25) is 0 Å². The maximum absolute atomic E-state index is 12.4. The molecular formula is C15H19N3O2S. The van der Waals surface area contributed by atoms with Crippen LogP contribution in [0.15, 0.2) is 30.5 Å². The van der Waals surface area contributed by atoms with Gasteiger partial charge >= 0.3 is 0 Å². The van der Waals surface area contributed by atoms with E-state index in [0.29, 0.717) is 36.0 Å². The van der Waals surface area contributed by atoms with Crippen LogP contribution in [0.4, 0.5) is 0 Å². The molecule has 0 bridgehead atoms. The Kier molecular flexibility index (Phi) is 5.98. The summed E-state index contributed by atoms with van der Waals surface area (Å²) in [6.45, 7) is 5.36. The van der Waals surface area contributed by atoms with Crippen molar-refractivity contribution in [2.45, 2.75) is 6.92 Å². The highest BCUT2D eigenvalue weighted by Crippen LogP contribution is 2.12. The van der Waals surface area contributed by atoms with Gasteiger partial charge in [0.25, 0.3) is 5.91 Å². The summed E-state index contributed by atoms with van der Waals surface area (Å²) in [5, 5.41) is 2.92. The molecule has 5 nitrogen and oxygen atoms in total. The Hall–Kier alpha value is -1.63. The van der Waals surface area contributed by atoms with E-state index in [4.69, 9.17) is 17.0 Å². The molecule has 112 valence electrons. The van der Waals surface area contributed by atoms with Gasteiger partial charge < -0.3 is 10.1 Å². The Morgan fingerprint density at radius 2 is 2.24 bits per heavy atom. The van der Waals surface area contributed by atoms with Crippen LogP contribution in [-0.2, 0) is 9.53 Å². The van der Waals surface area contributed by atoms with E-state index in [1.54, 1.807) is 25.3 Å². The summed E-state index contributed by atoms with van der Waals surface area (Å²) in [4.78, 5) is 19.4. The third-order valence-corrected chi connectivity index (χ3v) is 3.22. The molecule has 0 unspecified atom stereocenters. The molecule has 1 aliphatic heterocycles. The molecule has 0 radical (unpaired) electrons. The smallest absolute Gasteiger partial charge is 0.254 e. The fraction of sp³-hybridized carbons (Fsp3) is 0.400. The molecule has 1 fully saturated rings. The third-order valence-electron chi connectivity index (χ3n) is 3.10. The minimum atomic E-state index is -0.163. The Balaban J connectivity index is 2.03. The molecule has 0 atom stereocenters. The number of carbonyl (C=O) groups excluding carboxylic acids is 1. The van der Waals surface area contributed by atoms with Crippen LogP contribution < -0.4 is 5.32 Å². The van der Waals surface area contributed by atoms with E-state index in [0.717, 1.165) is 13.1 Å². The zero-order valence-corrected chi connectivity index (χ0v) is 12.9. The van der Waals surface area contributed by atoms with E-state index < -0.39 is 0 Å². The van der Waals surface area contributed by atoms with Crippen molar-refractivity contribution in [2.24, 2.45) is 0 Å². The largest absolute Gasteiger partial charge is 0.379 e. The zero-order chi connectivity index (χ0) is 15.1. The number of hydrogen-bond donors (Lipinski definition) is 1. The van der Waals surface area contributed by atoms with E-state index in [9.17, 15) is 4.79 Å². The number of ether oxygens (including phenoxy) is 1. The standard InChI is InChI=1S/C15H19N3O2S/c1-12(21)10-13(14-4-2-3-5-16-14)15(19)17-11-18-6-8-20-9-7-18/h2-5,10H,6-9,11H2,1H3,(H,17,19). The summed E-state index contributed by atoms with van der Waals surface area (Å²) in [7, 11) is 0. The summed E-state index contributed by atoms with van der Waals surface area (Å²) in [6, 6.07) is 5.47. The van der Waals surface area contributed by atoms with E-state index in [1.165, 1.54) is 0 Å². The Morgan fingerprint density at radius 1 is 1.48 bits per heavy atom. The zero-order valence-electron chi connectivity index (χ0n) is 12.0. The molecule has 0 aliphatic carbocycles. The number of allylic oxidation sites excluding steroid dienone is 1. The second kappa shape index (κ2) is 7.97. The van der Waals surface area contributed by atoms with Gasteiger partial charge in [-0.3, -0.25) is 14.7 Å². The number of nitrogens with zero attached hydrogens (tertiary/aromatic N) is 2. The maximum Gasteiger partial charge on any atom is 0.254 e. The van der Waals surface area contributed by atoms with E-state index in [1.807, 2.05) is 12.1 Å². The van der Waals surface area contributed by atoms with Crippen molar-refractivity contribution in [3.05, 3.63) is 36.2 Å². The van der Waals surface area contributed by atoms with Crippen LogP contribution in [-0.4, -0.2) is 53.6 Å². The highest BCUT2D eigenvalue weighted by atomic mass is 32.1. The van der Waals surface area contributed by atoms with Crippen LogP contribution in [0, 0.1) is 0 Å². The van der Waals surface area contributed by atoms with Gasteiger partial charge in [-0.1, -0.05) is 18.3 Å². The number of carbonyl (C=O) groups is 1. The van der Waals surface area contributed by atoms with Crippen molar-refractivity contribution in [3.8, 4) is 0 Å². The molecule has 1 amide bonds. The summed E-state index contributed by atoms with van der Waals surface area (Å²) < 4.78 is 5.28. The van der Waals surface area contributed by atoms with Crippen molar-refractivity contribution in [1.82, 2.24) is 15.2 Å². The number of rotatable bonds is 5. The normalized spacial score (nSPS) is 16.5. The van der Waals surface area contributed by atoms with Crippen molar-refractivity contribution in [1.29, 1.82) is 0 Å². The van der Waals surface area contributed by atoms with Crippen LogP contribution >= 0.6 is 12.2 Å². The molecule has 0 spiro atoms.